The molecule has 1 amide bonds. The van der Waals surface area contributed by atoms with Gasteiger partial charge < -0.3 is 24.7 Å². The molecule has 1 aliphatic heterocycles. The van der Waals surface area contributed by atoms with Crippen molar-refractivity contribution in [3.8, 4) is 22.6 Å². The molecule has 5 rings (SSSR count). The summed E-state index contributed by atoms with van der Waals surface area (Å²) < 4.78 is 38.8. The molecule has 0 atom stereocenters. The molecule has 202 valence electrons. The molecular weight excluding hydrogens is 506 g/mol. The molecule has 0 unspecified atom stereocenters. The van der Waals surface area contributed by atoms with Crippen molar-refractivity contribution in [1.82, 2.24) is 24.8 Å². The zero-order valence-electron chi connectivity index (χ0n) is 21.7. The van der Waals surface area contributed by atoms with E-state index in [0.29, 0.717) is 41.0 Å². The summed E-state index contributed by atoms with van der Waals surface area (Å²) in [6, 6.07) is 13.8. The van der Waals surface area contributed by atoms with Crippen LogP contribution in [0.5, 0.6) is 0 Å². The summed E-state index contributed by atoms with van der Waals surface area (Å²) in [6.45, 7) is 2.50. The van der Waals surface area contributed by atoms with Crippen molar-refractivity contribution in [2.45, 2.75) is 19.8 Å². The number of nitrogens with zero attached hydrogens (tertiary/aromatic N) is 4. The predicted octanol–water partition coefficient (Wildman–Crippen LogP) is 4.56. The molecule has 0 bridgehead atoms. The number of aromatic nitrogens is 4. The number of carbonyl (C=O) groups excluding carboxylic acids is 1. The van der Waals surface area contributed by atoms with E-state index < -0.39 is 11.7 Å². The van der Waals surface area contributed by atoms with E-state index in [-0.39, 0.29) is 30.8 Å². The standard InChI is InChI=1S/C28H28F2N6O3/c1-28(26(37)36(2)3)15-38-25(39-16-28)24-34-22(18-6-10-20(30)11-7-18)23(35-24)21-12-13-31-27(33-21)32-14-17-4-8-19(29)9-5-17/h4-13,25H,14-16H2,1-3H3,(H,34,35)(H,31,32,33). The van der Waals surface area contributed by atoms with Crippen LogP contribution in [-0.2, 0) is 20.8 Å². The molecule has 1 aliphatic rings. The van der Waals surface area contributed by atoms with Crippen LogP contribution in [0.4, 0.5) is 14.7 Å². The highest BCUT2D eigenvalue weighted by Gasteiger charge is 2.41. The first-order valence-corrected chi connectivity index (χ1v) is 12.3. The Morgan fingerprint density at radius 3 is 2.31 bits per heavy atom. The number of H-pyrrole nitrogens is 1. The smallest absolute Gasteiger partial charge is 0.232 e. The number of carbonyl (C=O) groups is 1. The average Bonchev–Trinajstić information content (AvgIpc) is 3.39. The van der Waals surface area contributed by atoms with Gasteiger partial charge in [0, 0.05) is 32.4 Å². The van der Waals surface area contributed by atoms with Crippen LogP contribution in [0.2, 0.25) is 0 Å². The fourth-order valence-corrected chi connectivity index (χ4v) is 4.30. The Morgan fingerprint density at radius 2 is 1.67 bits per heavy atom. The number of halogens is 2. The minimum absolute atomic E-state index is 0.0882. The summed E-state index contributed by atoms with van der Waals surface area (Å²) in [5, 5.41) is 3.14. The largest absolute Gasteiger partial charge is 0.350 e. The molecule has 2 aromatic heterocycles. The lowest BCUT2D eigenvalue weighted by molar-refractivity contribution is -0.233. The zero-order valence-corrected chi connectivity index (χ0v) is 21.7. The van der Waals surface area contributed by atoms with Gasteiger partial charge in [0.25, 0.3) is 0 Å². The molecule has 1 fully saturated rings. The Morgan fingerprint density at radius 1 is 1.03 bits per heavy atom. The van der Waals surface area contributed by atoms with E-state index in [9.17, 15) is 13.6 Å². The van der Waals surface area contributed by atoms with Gasteiger partial charge in [-0.05, 0) is 55.0 Å². The minimum Gasteiger partial charge on any atom is -0.350 e. The van der Waals surface area contributed by atoms with Gasteiger partial charge in [0.15, 0.2) is 5.82 Å². The first-order chi connectivity index (χ1) is 18.7. The summed E-state index contributed by atoms with van der Waals surface area (Å²) in [5.74, 6) is -0.00611. The van der Waals surface area contributed by atoms with E-state index in [1.807, 2.05) is 0 Å². The molecule has 0 saturated carbocycles. The highest BCUT2D eigenvalue weighted by Crippen LogP contribution is 2.36. The van der Waals surface area contributed by atoms with E-state index in [0.717, 1.165) is 5.56 Å². The lowest BCUT2D eigenvalue weighted by Gasteiger charge is -2.36. The first-order valence-electron chi connectivity index (χ1n) is 12.3. The van der Waals surface area contributed by atoms with Crippen LogP contribution in [-0.4, -0.2) is 58.1 Å². The second kappa shape index (κ2) is 10.9. The lowest BCUT2D eigenvalue weighted by atomic mass is 9.90. The molecule has 0 aliphatic carbocycles. The number of nitrogens with one attached hydrogen (secondary N) is 2. The minimum atomic E-state index is -0.834. The predicted molar refractivity (Wildman–Crippen MR) is 140 cm³/mol. The Kier molecular flexibility index (Phi) is 7.36. The molecule has 0 radical (unpaired) electrons. The number of amides is 1. The quantitative estimate of drug-likeness (QED) is 0.358. The number of hydrogen-bond donors (Lipinski definition) is 2. The number of imidazole rings is 1. The Bertz CT molecular complexity index is 1450. The molecule has 9 nitrogen and oxygen atoms in total. The highest BCUT2D eigenvalue weighted by molar-refractivity contribution is 5.82. The Labute approximate surface area is 224 Å². The van der Waals surface area contributed by atoms with Gasteiger partial charge in [0.1, 0.15) is 11.6 Å². The molecule has 3 heterocycles. The second-order valence-electron chi connectivity index (χ2n) is 9.81. The zero-order chi connectivity index (χ0) is 27.6. The van der Waals surface area contributed by atoms with Crippen LogP contribution >= 0.6 is 0 Å². The van der Waals surface area contributed by atoms with E-state index in [1.165, 1.54) is 29.2 Å². The molecule has 0 spiro atoms. The molecule has 4 aromatic rings. The van der Waals surface area contributed by atoms with Crippen LogP contribution in [0.25, 0.3) is 22.6 Å². The van der Waals surface area contributed by atoms with Crippen molar-refractivity contribution in [3.05, 3.63) is 83.8 Å². The number of aromatic amines is 1. The van der Waals surface area contributed by atoms with Gasteiger partial charge >= 0.3 is 0 Å². The number of benzene rings is 2. The van der Waals surface area contributed by atoms with Crippen LogP contribution in [0, 0.1) is 17.0 Å². The monoisotopic (exact) mass is 534 g/mol. The number of rotatable bonds is 7. The van der Waals surface area contributed by atoms with E-state index in [2.05, 4.69) is 20.3 Å². The van der Waals surface area contributed by atoms with Gasteiger partial charge in [-0.3, -0.25) is 4.79 Å². The van der Waals surface area contributed by atoms with Gasteiger partial charge in [0.2, 0.25) is 18.1 Å². The third-order valence-electron chi connectivity index (χ3n) is 6.37. The summed E-state index contributed by atoms with van der Waals surface area (Å²) in [7, 11) is 3.38. The molecule has 39 heavy (non-hydrogen) atoms. The van der Waals surface area contributed by atoms with Crippen LogP contribution < -0.4 is 5.32 Å². The number of hydrogen-bond acceptors (Lipinski definition) is 7. The Balaban J connectivity index is 1.43. The summed E-state index contributed by atoms with van der Waals surface area (Å²) in [6.07, 6.45) is 0.773. The van der Waals surface area contributed by atoms with Gasteiger partial charge in [-0.2, -0.15) is 0 Å². The molecular formula is C28H28F2N6O3. The van der Waals surface area contributed by atoms with Crippen molar-refractivity contribution >= 4 is 11.9 Å². The first kappa shape index (κ1) is 26.4. The highest BCUT2D eigenvalue weighted by atomic mass is 19.1. The third kappa shape index (κ3) is 5.79. The van der Waals surface area contributed by atoms with Crippen molar-refractivity contribution in [1.29, 1.82) is 0 Å². The van der Waals surface area contributed by atoms with Crippen molar-refractivity contribution in [3.63, 3.8) is 0 Å². The third-order valence-corrected chi connectivity index (χ3v) is 6.37. The SMILES string of the molecule is CN(C)C(=O)C1(C)COC(c2nc(-c3ccc(F)cc3)c(-c3ccnc(NCc4ccc(F)cc4)n3)[nH]2)OC1. The summed E-state index contributed by atoms with van der Waals surface area (Å²) in [4.78, 5) is 31.0. The maximum absolute atomic E-state index is 13.7. The van der Waals surface area contributed by atoms with Gasteiger partial charge in [-0.1, -0.05) is 12.1 Å². The molecule has 2 aromatic carbocycles. The maximum atomic E-state index is 13.7. The number of anilines is 1. The van der Waals surface area contributed by atoms with E-state index in [1.54, 1.807) is 57.5 Å². The lowest BCUT2D eigenvalue weighted by Crippen LogP contribution is -2.48. The maximum Gasteiger partial charge on any atom is 0.232 e. The van der Waals surface area contributed by atoms with Crippen molar-refractivity contribution < 1.29 is 23.0 Å². The average molecular weight is 535 g/mol. The normalized spacial score (nSPS) is 19.1. The molecule has 1 saturated heterocycles. The molecule has 2 N–H and O–H groups in total. The van der Waals surface area contributed by atoms with E-state index >= 15 is 0 Å². The fourth-order valence-electron chi connectivity index (χ4n) is 4.30. The van der Waals surface area contributed by atoms with Crippen LogP contribution in [0.3, 0.4) is 0 Å². The van der Waals surface area contributed by atoms with Crippen molar-refractivity contribution in [2.24, 2.45) is 5.41 Å². The second-order valence-corrected chi connectivity index (χ2v) is 9.81. The topological polar surface area (TPSA) is 105 Å². The fraction of sp³-hybridized carbons (Fsp3) is 0.286. The summed E-state index contributed by atoms with van der Waals surface area (Å²) in [5.41, 5.74) is 2.34. The molecule has 11 heteroatoms. The van der Waals surface area contributed by atoms with Crippen LogP contribution in [0.1, 0.15) is 24.6 Å². The van der Waals surface area contributed by atoms with Gasteiger partial charge in [0.05, 0.1) is 35.7 Å². The Hall–Kier alpha value is -4.22. The van der Waals surface area contributed by atoms with Gasteiger partial charge in [-0.25, -0.2) is 23.7 Å². The van der Waals surface area contributed by atoms with Gasteiger partial charge in [-0.15, -0.1) is 0 Å². The number of ether oxygens (including phenoxy) is 2. The van der Waals surface area contributed by atoms with Crippen molar-refractivity contribution in [2.75, 3.05) is 32.6 Å². The summed E-state index contributed by atoms with van der Waals surface area (Å²) >= 11 is 0. The van der Waals surface area contributed by atoms with E-state index in [4.69, 9.17) is 14.5 Å². The van der Waals surface area contributed by atoms with Crippen LogP contribution in [0.15, 0.2) is 60.8 Å².